The Balaban J connectivity index is 2.85. The number of hydrogen-bond donors (Lipinski definition) is 2. The van der Waals surface area contributed by atoms with Gasteiger partial charge in [-0.2, -0.15) is 13.2 Å². The van der Waals surface area contributed by atoms with Gasteiger partial charge in [0.1, 0.15) is 6.42 Å². The third-order valence-electron chi connectivity index (χ3n) is 2.11. The fraction of sp³-hybridized carbons (Fsp3) is 0.273. The van der Waals surface area contributed by atoms with Gasteiger partial charge < -0.3 is 10.6 Å². The number of hydrogen-bond acceptors (Lipinski definition) is 2. The van der Waals surface area contributed by atoms with Crippen LogP contribution in [0, 0.1) is 0 Å². The minimum atomic E-state index is -4.56. The minimum Gasteiger partial charge on any atom is -0.359 e. The van der Waals surface area contributed by atoms with Crippen molar-refractivity contribution in [3.05, 3.63) is 29.8 Å². The van der Waals surface area contributed by atoms with Crippen LogP contribution in [0.15, 0.2) is 24.3 Å². The number of alkyl halides is 3. The first-order valence-corrected chi connectivity index (χ1v) is 5.01. The largest absolute Gasteiger partial charge is 0.418 e. The first kappa shape index (κ1) is 14.0. The predicted octanol–water partition coefficient (Wildman–Crippen LogP) is 1.78. The van der Waals surface area contributed by atoms with Crippen molar-refractivity contribution in [2.75, 3.05) is 12.4 Å². The lowest BCUT2D eigenvalue weighted by Gasteiger charge is -2.13. The Kier molecular flexibility index (Phi) is 4.30. The molecule has 0 radical (unpaired) electrons. The number of carbonyl (C=O) groups excluding carboxylic acids is 2. The molecular formula is C11H11F3N2O2. The molecule has 1 aromatic rings. The van der Waals surface area contributed by atoms with Crippen LogP contribution in [0.5, 0.6) is 0 Å². The Labute approximate surface area is 101 Å². The Morgan fingerprint density at radius 1 is 1.17 bits per heavy atom. The molecule has 0 aliphatic carbocycles. The highest BCUT2D eigenvalue weighted by Crippen LogP contribution is 2.34. The summed E-state index contributed by atoms with van der Waals surface area (Å²) in [6.07, 6.45) is -5.08. The van der Waals surface area contributed by atoms with E-state index < -0.39 is 30.0 Å². The van der Waals surface area contributed by atoms with Gasteiger partial charge in [-0.1, -0.05) is 12.1 Å². The first-order chi connectivity index (χ1) is 8.34. The Morgan fingerprint density at radius 3 is 2.33 bits per heavy atom. The summed E-state index contributed by atoms with van der Waals surface area (Å²) in [5.41, 5.74) is -1.31. The molecule has 7 heteroatoms. The highest BCUT2D eigenvalue weighted by Gasteiger charge is 2.33. The maximum absolute atomic E-state index is 12.6. The second-order valence-corrected chi connectivity index (χ2v) is 3.44. The van der Waals surface area contributed by atoms with Gasteiger partial charge in [0.05, 0.1) is 11.3 Å². The fourth-order valence-corrected chi connectivity index (χ4v) is 1.27. The molecule has 18 heavy (non-hydrogen) atoms. The molecule has 0 heterocycles. The second kappa shape index (κ2) is 5.52. The molecule has 0 fully saturated rings. The van der Waals surface area contributed by atoms with Crippen LogP contribution in [-0.2, 0) is 15.8 Å². The van der Waals surface area contributed by atoms with Crippen molar-refractivity contribution in [3.63, 3.8) is 0 Å². The van der Waals surface area contributed by atoms with Gasteiger partial charge in [0, 0.05) is 7.05 Å². The molecule has 0 saturated carbocycles. The molecule has 0 aliphatic heterocycles. The summed E-state index contributed by atoms with van der Waals surface area (Å²) >= 11 is 0. The highest BCUT2D eigenvalue weighted by molar-refractivity contribution is 6.03. The maximum Gasteiger partial charge on any atom is 0.418 e. The minimum absolute atomic E-state index is 0.362. The monoisotopic (exact) mass is 260 g/mol. The molecule has 0 aromatic heterocycles. The lowest BCUT2D eigenvalue weighted by atomic mass is 10.1. The van der Waals surface area contributed by atoms with E-state index in [0.717, 1.165) is 12.1 Å². The van der Waals surface area contributed by atoms with Crippen molar-refractivity contribution in [3.8, 4) is 0 Å². The predicted molar refractivity (Wildman–Crippen MR) is 58.8 cm³/mol. The Morgan fingerprint density at radius 2 is 1.78 bits per heavy atom. The molecule has 0 saturated heterocycles. The summed E-state index contributed by atoms with van der Waals surface area (Å²) in [6, 6.07) is 4.57. The number of benzene rings is 1. The van der Waals surface area contributed by atoms with Gasteiger partial charge in [-0.25, -0.2) is 0 Å². The van der Waals surface area contributed by atoms with Gasteiger partial charge >= 0.3 is 6.18 Å². The van der Waals surface area contributed by atoms with Crippen molar-refractivity contribution in [1.82, 2.24) is 5.32 Å². The molecule has 4 nitrogen and oxygen atoms in total. The van der Waals surface area contributed by atoms with E-state index >= 15 is 0 Å². The number of halogens is 3. The van der Waals surface area contributed by atoms with Crippen LogP contribution in [0.1, 0.15) is 12.0 Å². The van der Waals surface area contributed by atoms with E-state index in [1.807, 2.05) is 0 Å². The van der Waals surface area contributed by atoms with E-state index in [2.05, 4.69) is 10.6 Å². The molecule has 1 rings (SSSR count). The fourth-order valence-electron chi connectivity index (χ4n) is 1.27. The number of carbonyl (C=O) groups is 2. The third-order valence-corrected chi connectivity index (χ3v) is 2.11. The zero-order valence-electron chi connectivity index (χ0n) is 9.47. The standard InChI is InChI=1S/C11H11F3N2O2/c1-15-9(17)6-10(18)16-8-5-3-2-4-7(8)11(12,13)14/h2-5H,6H2,1H3,(H,15,17)(H,16,18). The summed E-state index contributed by atoms with van der Waals surface area (Å²) in [5.74, 6) is -1.37. The lowest BCUT2D eigenvalue weighted by Crippen LogP contribution is -2.25. The molecular weight excluding hydrogens is 249 g/mol. The van der Waals surface area contributed by atoms with Crippen molar-refractivity contribution in [2.24, 2.45) is 0 Å². The summed E-state index contributed by atoms with van der Waals surface area (Å²) in [4.78, 5) is 22.2. The average molecular weight is 260 g/mol. The Hall–Kier alpha value is -2.05. The van der Waals surface area contributed by atoms with Gasteiger partial charge in [0.2, 0.25) is 11.8 Å². The summed E-state index contributed by atoms with van der Waals surface area (Å²) in [6.45, 7) is 0. The molecule has 0 bridgehead atoms. The van der Waals surface area contributed by atoms with Crippen LogP contribution in [-0.4, -0.2) is 18.9 Å². The van der Waals surface area contributed by atoms with Crippen LogP contribution in [0.3, 0.4) is 0 Å². The van der Waals surface area contributed by atoms with E-state index in [-0.39, 0.29) is 5.69 Å². The summed E-state index contributed by atoms with van der Waals surface area (Å²) < 4.78 is 37.8. The van der Waals surface area contributed by atoms with E-state index in [1.165, 1.54) is 19.2 Å². The zero-order chi connectivity index (χ0) is 13.8. The number of rotatable bonds is 3. The van der Waals surface area contributed by atoms with E-state index in [9.17, 15) is 22.8 Å². The van der Waals surface area contributed by atoms with E-state index in [0.29, 0.717) is 0 Å². The number of nitrogens with one attached hydrogen (secondary N) is 2. The molecule has 0 aliphatic rings. The third kappa shape index (κ3) is 3.76. The first-order valence-electron chi connectivity index (χ1n) is 5.01. The normalized spacial score (nSPS) is 10.9. The van der Waals surface area contributed by atoms with Crippen molar-refractivity contribution >= 4 is 17.5 Å². The Bertz CT molecular complexity index is 458. The topological polar surface area (TPSA) is 58.2 Å². The number of para-hydroxylation sites is 1. The molecule has 0 unspecified atom stereocenters. The van der Waals surface area contributed by atoms with Gasteiger partial charge in [0.25, 0.3) is 0 Å². The molecule has 1 aromatic carbocycles. The smallest absolute Gasteiger partial charge is 0.359 e. The average Bonchev–Trinajstić information content (AvgIpc) is 2.27. The zero-order valence-corrected chi connectivity index (χ0v) is 9.47. The van der Waals surface area contributed by atoms with Crippen LogP contribution >= 0.6 is 0 Å². The van der Waals surface area contributed by atoms with Crippen LogP contribution in [0.25, 0.3) is 0 Å². The van der Waals surface area contributed by atoms with Crippen LogP contribution in [0.4, 0.5) is 18.9 Å². The van der Waals surface area contributed by atoms with Gasteiger partial charge in [-0.05, 0) is 12.1 Å². The molecule has 2 N–H and O–H groups in total. The number of amides is 2. The van der Waals surface area contributed by atoms with Crippen molar-refractivity contribution in [2.45, 2.75) is 12.6 Å². The molecule has 98 valence electrons. The maximum atomic E-state index is 12.6. The van der Waals surface area contributed by atoms with Crippen molar-refractivity contribution in [1.29, 1.82) is 0 Å². The van der Waals surface area contributed by atoms with Gasteiger partial charge in [0.15, 0.2) is 0 Å². The quantitative estimate of drug-likeness (QED) is 0.814. The molecule has 2 amide bonds. The highest BCUT2D eigenvalue weighted by atomic mass is 19.4. The number of anilines is 1. The van der Waals surface area contributed by atoms with E-state index in [4.69, 9.17) is 0 Å². The molecule has 0 spiro atoms. The SMILES string of the molecule is CNC(=O)CC(=O)Nc1ccccc1C(F)(F)F. The van der Waals surface area contributed by atoms with Crippen LogP contribution in [0.2, 0.25) is 0 Å². The van der Waals surface area contributed by atoms with Gasteiger partial charge in [-0.15, -0.1) is 0 Å². The summed E-state index contributed by atoms with van der Waals surface area (Å²) in [7, 11) is 1.33. The second-order valence-electron chi connectivity index (χ2n) is 3.44. The van der Waals surface area contributed by atoms with E-state index in [1.54, 1.807) is 0 Å². The van der Waals surface area contributed by atoms with Crippen molar-refractivity contribution < 1.29 is 22.8 Å². The molecule has 0 atom stereocenters. The summed E-state index contributed by atoms with van der Waals surface area (Å²) in [5, 5.41) is 4.27. The van der Waals surface area contributed by atoms with Gasteiger partial charge in [-0.3, -0.25) is 9.59 Å². The lowest BCUT2D eigenvalue weighted by molar-refractivity contribution is -0.137. The van der Waals surface area contributed by atoms with Crippen LogP contribution < -0.4 is 10.6 Å².